The minimum Gasteiger partial charge on any atom is -0.447 e. The largest absolute Gasteiger partial charge is 0.447 e. The minimum absolute atomic E-state index is 0.251. The van der Waals surface area contributed by atoms with Crippen LogP contribution in [0.3, 0.4) is 0 Å². The van der Waals surface area contributed by atoms with Gasteiger partial charge in [-0.3, -0.25) is 0 Å². The molecule has 1 heterocycles. The Morgan fingerprint density at radius 3 is 3.18 bits per heavy atom. The van der Waals surface area contributed by atoms with Crippen molar-refractivity contribution in [2.45, 2.75) is 19.4 Å². The number of amides is 1. The summed E-state index contributed by atoms with van der Waals surface area (Å²) in [5.74, 6) is 2.24. The van der Waals surface area contributed by atoms with Gasteiger partial charge < -0.3 is 10.1 Å². The molecule has 64 valence electrons. The van der Waals surface area contributed by atoms with Crippen molar-refractivity contribution < 1.29 is 9.53 Å². The lowest BCUT2D eigenvalue weighted by atomic mass is 10.2. The monoisotopic (exact) mass is 175 g/mol. The van der Waals surface area contributed by atoms with E-state index in [1.54, 1.807) is 0 Å². The van der Waals surface area contributed by atoms with Crippen LogP contribution in [0.15, 0.2) is 0 Å². The Balaban J connectivity index is 2.04. The first-order valence-electron chi connectivity index (χ1n) is 3.84. The van der Waals surface area contributed by atoms with Gasteiger partial charge in [0.25, 0.3) is 0 Å². The van der Waals surface area contributed by atoms with Gasteiger partial charge in [-0.2, -0.15) is 11.8 Å². The third kappa shape index (κ3) is 3.01. The van der Waals surface area contributed by atoms with Crippen LogP contribution in [-0.4, -0.2) is 30.2 Å². The Bertz CT molecular complexity index is 140. The van der Waals surface area contributed by atoms with E-state index < -0.39 is 0 Å². The Morgan fingerprint density at radius 2 is 2.64 bits per heavy atom. The van der Waals surface area contributed by atoms with Crippen molar-refractivity contribution in [3.63, 3.8) is 0 Å². The highest BCUT2D eigenvalue weighted by Gasteiger charge is 2.20. The normalized spacial score (nSPS) is 23.0. The maximum Gasteiger partial charge on any atom is 0.407 e. The average Bonchev–Trinajstić information content (AvgIpc) is 2.37. The van der Waals surface area contributed by atoms with E-state index in [4.69, 9.17) is 4.74 Å². The highest BCUT2D eigenvalue weighted by molar-refractivity contribution is 7.99. The van der Waals surface area contributed by atoms with E-state index >= 15 is 0 Å². The van der Waals surface area contributed by atoms with E-state index in [-0.39, 0.29) is 12.1 Å². The number of nitrogens with one attached hydrogen (secondary N) is 1. The van der Waals surface area contributed by atoms with E-state index in [1.807, 2.05) is 11.8 Å². The van der Waals surface area contributed by atoms with E-state index in [1.165, 1.54) is 0 Å². The molecule has 0 saturated carbocycles. The second kappa shape index (κ2) is 4.49. The molecule has 3 nitrogen and oxygen atoms in total. The van der Waals surface area contributed by atoms with Gasteiger partial charge in [-0.05, 0) is 17.9 Å². The molecule has 1 unspecified atom stereocenters. The third-order valence-electron chi connectivity index (χ3n) is 1.55. The second-order valence-corrected chi connectivity index (χ2v) is 3.82. The number of alkyl carbamates (subject to hydrolysis) is 1. The molecule has 1 aliphatic rings. The van der Waals surface area contributed by atoms with Gasteiger partial charge in [-0.25, -0.2) is 4.79 Å². The summed E-state index contributed by atoms with van der Waals surface area (Å²) >= 11 is 1.89. The topological polar surface area (TPSA) is 38.3 Å². The summed E-state index contributed by atoms with van der Waals surface area (Å²) in [5, 5.41) is 2.74. The van der Waals surface area contributed by atoms with Gasteiger partial charge in [-0.1, -0.05) is 6.92 Å². The fourth-order valence-electron chi connectivity index (χ4n) is 0.952. The summed E-state index contributed by atoms with van der Waals surface area (Å²) in [6.45, 7) is 2.68. The molecule has 1 aliphatic heterocycles. The van der Waals surface area contributed by atoms with Crippen LogP contribution in [0.5, 0.6) is 0 Å². The Morgan fingerprint density at radius 1 is 1.82 bits per heavy atom. The molecule has 1 rings (SSSR count). The molecule has 1 amide bonds. The third-order valence-corrected chi connectivity index (χ3v) is 2.48. The Kier molecular flexibility index (Phi) is 3.56. The summed E-state index contributed by atoms with van der Waals surface area (Å²) in [7, 11) is 0. The Hall–Kier alpha value is -0.380. The number of ether oxygens (including phenoxy) is 1. The van der Waals surface area contributed by atoms with E-state index in [0.29, 0.717) is 6.61 Å². The number of hydrogen-bond acceptors (Lipinski definition) is 3. The summed E-state index contributed by atoms with van der Waals surface area (Å²) in [6.07, 6.45) is 0.751. The molecule has 11 heavy (non-hydrogen) atoms. The van der Waals surface area contributed by atoms with E-state index in [9.17, 15) is 4.79 Å². The number of carbonyl (C=O) groups is 1. The smallest absolute Gasteiger partial charge is 0.407 e. The summed E-state index contributed by atoms with van der Waals surface area (Å²) in [6, 6.07) is 0.251. The molecule has 0 bridgehead atoms. The van der Waals surface area contributed by atoms with Crippen molar-refractivity contribution in [2.75, 3.05) is 18.1 Å². The summed E-state index contributed by atoms with van der Waals surface area (Å²) < 4.78 is 4.74. The zero-order valence-corrected chi connectivity index (χ0v) is 7.45. The minimum atomic E-state index is -0.267. The van der Waals surface area contributed by atoms with Crippen LogP contribution in [0.25, 0.3) is 0 Å². The average molecular weight is 175 g/mol. The Labute approximate surface area is 70.9 Å². The van der Waals surface area contributed by atoms with Gasteiger partial charge in [0.2, 0.25) is 0 Å². The first kappa shape index (κ1) is 8.71. The second-order valence-electron chi connectivity index (χ2n) is 2.43. The molecule has 0 aromatic carbocycles. The predicted octanol–water partition coefficient (Wildman–Crippen LogP) is 1.24. The van der Waals surface area contributed by atoms with Crippen molar-refractivity contribution >= 4 is 17.9 Å². The van der Waals surface area contributed by atoms with Crippen LogP contribution >= 0.6 is 11.8 Å². The molecule has 0 aromatic heterocycles. The van der Waals surface area contributed by atoms with Crippen molar-refractivity contribution in [1.29, 1.82) is 0 Å². The molecular weight excluding hydrogens is 162 g/mol. The number of rotatable bonds is 4. The molecule has 1 atom stereocenters. The van der Waals surface area contributed by atoms with Crippen molar-refractivity contribution in [3.8, 4) is 0 Å². The molecule has 1 N–H and O–H groups in total. The van der Waals surface area contributed by atoms with Crippen LogP contribution in [-0.2, 0) is 4.74 Å². The van der Waals surface area contributed by atoms with Gasteiger partial charge in [0, 0.05) is 0 Å². The number of thioether (sulfide) groups is 1. The van der Waals surface area contributed by atoms with Crippen LogP contribution in [0.2, 0.25) is 0 Å². The van der Waals surface area contributed by atoms with E-state index in [0.717, 1.165) is 17.9 Å². The first-order chi connectivity index (χ1) is 5.33. The molecule has 1 saturated heterocycles. The van der Waals surface area contributed by atoms with Crippen molar-refractivity contribution in [3.05, 3.63) is 0 Å². The highest BCUT2D eigenvalue weighted by Crippen LogP contribution is 2.07. The molecule has 1 fully saturated rings. The lowest BCUT2D eigenvalue weighted by Gasteiger charge is -2.04. The van der Waals surface area contributed by atoms with Crippen LogP contribution in [0, 0.1) is 0 Å². The molecular formula is C7H13NO2S. The van der Waals surface area contributed by atoms with Crippen molar-refractivity contribution in [2.24, 2.45) is 0 Å². The number of carbonyl (C=O) groups excluding carboxylic acids is 1. The van der Waals surface area contributed by atoms with Gasteiger partial charge in [0.15, 0.2) is 0 Å². The van der Waals surface area contributed by atoms with Gasteiger partial charge in [0.1, 0.15) is 6.61 Å². The molecule has 0 radical (unpaired) electrons. The number of hydrogen-bond donors (Lipinski definition) is 1. The van der Waals surface area contributed by atoms with Gasteiger partial charge in [-0.15, -0.1) is 0 Å². The van der Waals surface area contributed by atoms with Gasteiger partial charge in [0.05, 0.1) is 6.04 Å². The van der Waals surface area contributed by atoms with Crippen LogP contribution in [0.1, 0.15) is 13.3 Å². The lowest BCUT2D eigenvalue weighted by Crippen LogP contribution is -2.26. The van der Waals surface area contributed by atoms with Crippen LogP contribution in [0.4, 0.5) is 4.79 Å². The zero-order chi connectivity index (χ0) is 8.10. The van der Waals surface area contributed by atoms with Crippen molar-refractivity contribution in [1.82, 2.24) is 5.32 Å². The first-order valence-corrected chi connectivity index (χ1v) is 4.99. The standard InChI is InChI=1S/C7H13NO2S/c1-2-11-4-3-6-5-10-7(9)8-6/h6H,2-5H2,1H3,(H,8,9). The molecule has 0 aromatic rings. The highest BCUT2D eigenvalue weighted by atomic mass is 32.2. The SMILES string of the molecule is CCSCCC1COC(=O)N1. The molecule has 0 aliphatic carbocycles. The van der Waals surface area contributed by atoms with Gasteiger partial charge >= 0.3 is 6.09 Å². The van der Waals surface area contributed by atoms with E-state index in [2.05, 4.69) is 12.2 Å². The summed E-state index contributed by atoms with van der Waals surface area (Å²) in [4.78, 5) is 10.5. The fraction of sp³-hybridized carbons (Fsp3) is 0.857. The predicted molar refractivity (Wildman–Crippen MR) is 45.9 cm³/mol. The zero-order valence-electron chi connectivity index (χ0n) is 6.63. The lowest BCUT2D eigenvalue weighted by molar-refractivity contribution is 0.176. The maximum atomic E-state index is 10.5. The quantitative estimate of drug-likeness (QED) is 0.653. The fourth-order valence-corrected chi connectivity index (χ4v) is 1.69. The summed E-state index contributed by atoms with van der Waals surface area (Å²) in [5.41, 5.74) is 0. The molecule has 4 heteroatoms. The maximum absolute atomic E-state index is 10.5. The van der Waals surface area contributed by atoms with Crippen LogP contribution < -0.4 is 5.32 Å². The molecule has 0 spiro atoms. The number of cyclic esters (lactones) is 1.